The van der Waals surface area contributed by atoms with Gasteiger partial charge in [-0.2, -0.15) is 0 Å². The molecule has 0 aliphatic carbocycles. The summed E-state index contributed by atoms with van der Waals surface area (Å²) in [6.45, 7) is 2.74. The standard InChI is InChI=1S/C9H12N2O/c1-6-5-11(2)7-3-4-10-9(12)8(6)7/h5H,3-4H2,1-2H3,(H,10,12). The average molecular weight is 164 g/mol. The van der Waals surface area contributed by atoms with E-state index in [1.807, 2.05) is 24.7 Å². The minimum atomic E-state index is 0.0781. The van der Waals surface area contributed by atoms with Crippen molar-refractivity contribution in [2.24, 2.45) is 7.05 Å². The van der Waals surface area contributed by atoms with Crippen LogP contribution in [0.5, 0.6) is 0 Å². The number of carbonyl (C=O) groups excluding carboxylic acids is 1. The van der Waals surface area contributed by atoms with Crippen LogP contribution in [0.3, 0.4) is 0 Å². The molecule has 0 atom stereocenters. The molecule has 0 fully saturated rings. The third-order valence-corrected chi connectivity index (χ3v) is 2.37. The van der Waals surface area contributed by atoms with Gasteiger partial charge in [0.15, 0.2) is 0 Å². The molecule has 1 aliphatic heterocycles. The number of nitrogens with one attached hydrogen (secondary N) is 1. The Morgan fingerprint density at radius 1 is 1.58 bits per heavy atom. The van der Waals surface area contributed by atoms with E-state index in [0.29, 0.717) is 0 Å². The summed E-state index contributed by atoms with van der Waals surface area (Å²) in [4.78, 5) is 11.4. The second kappa shape index (κ2) is 2.37. The lowest BCUT2D eigenvalue weighted by Gasteiger charge is -2.14. The Labute approximate surface area is 71.4 Å². The maximum absolute atomic E-state index is 11.4. The summed E-state index contributed by atoms with van der Waals surface area (Å²) in [5.41, 5.74) is 3.12. The largest absolute Gasteiger partial charge is 0.353 e. The summed E-state index contributed by atoms with van der Waals surface area (Å²) in [5.74, 6) is 0.0781. The number of carbonyl (C=O) groups is 1. The van der Waals surface area contributed by atoms with Crippen LogP contribution >= 0.6 is 0 Å². The number of rotatable bonds is 0. The van der Waals surface area contributed by atoms with E-state index in [1.54, 1.807) is 0 Å². The topological polar surface area (TPSA) is 34.0 Å². The van der Waals surface area contributed by atoms with Crippen LogP contribution in [0.25, 0.3) is 0 Å². The zero-order chi connectivity index (χ0) is 8.72. The number of aromatic nitrogens is 1. The molecule has 3 nitrogen and oxygen atoms in total. The average Bonchev–Trinajstić information content (AvgIpc) is 2.29. The molecule has 3 heteroatoms. The maximum Gasteiger partial charge on any atom is 0.253 e. The lowest BCUT2D eigenvalue weighted by Crippen LogP contribution is -2.32. The fourth-order valence-electron chi connectivity index (χ4n) is 1.83. The van der Waals surface area contributed by atoms with E-state index in [2.05, 4.69) is 5.32 Å². The van der Waals surface area contributed by atoms with Crippen molar-refractivity contribution in [3.8, 4) is 0 Å². The van der Waals surface area contributed by atoms with Crippen LogP contribution in [0.2, 0.25) is 0 Å². The summed E-state index contributed by atoms with van der Waals surface area (Å²) in [6, 6.07) is 0. The predicted molar refractivity (Wildman–Crippen MR) is 46.2 cm³/mol. The van der Waals surface area contributed by atoms with E-state index in [9.17, 15) is 4.79 Å². The Hall–Kier alpha value is -1.25. The molecule has 1 aliphatic rings. The number of hydrogen-bond donors (Lipinski definition) is 1. The van der Waals surface area contributed by atoms with E-state index in [4.69, 9.17) is 0 Å². The Morgan fingerprint density at radius 3 is 3.00 bits per heavy atom. The van der Waals surface area contributed by atoms with Gasteiger partial charge >= 0.3 is 0 Å². The van der Waals surface area contributed by atoms with Gasteiger partial charge in [-0.25, -0.2) is 0 Å². The lowest BCUT2D eigenvalue weighted by molar-refractivity contribution is 0.0945. The molecule has 2 rings (SSSR count). The molecule has 0 spiro atoms. The first-order chi connectivity index (χ1) is 5.70. The fraction of sp³-hybridized carbons (Fsp3) is 0.444. The molecule has 64 valence electrons. The van der Waals surface area contributed by atoms with Crippen molar-refractivity contribution in [3.05, 3.63) is 23.0 Å². The molecule has 12 heavy (non-hydrogen) atoms. The first kappa shape index (κ1) is 7.40. The van der Waals surface area contributed by atoms with Crippen molar-refractivity contribution < 1.29 is 4.79 Å². The summed E-state index contributed by atoms with van der Waals surface area (Å²) in [5, 5.41) is 2.84. The van der Waals surface area contributed by atoms with Crippen LogP contribution in [-0.2, 0) is 13.5 Å². The molecule has 0 saturated heterocycles. The van der Waals surface area contributed by atoms with Gasteiger partial charge in [-0.15, -0.1) is 0 Å². The van der Waals surface area contributed by atoms with Gasteiger partial charge in [0.1, 0.15) is 0 Å². The highest BCUT2D eigenvalue weighted by Gasteiger charge is 2.21. The zero-order valence-electron chi connectivity index (χ0n) is 7.35. The molecule has 0 unspecified atom stereocenters. The monoisotopic (exact) mass is 164 g/mol. The molecule has 0 aromatic carbocycles. The molecule has 2 heterocycles. The highest BCUT2D eigenvalue weighted by molar-refractivity contribution is 5.97. The maximum atomic E-state index is 11.4. The Balaban J connectivity index is 2.62. The third kappa shape index (κ3) is 0.858. The second-order valence-corrected chi connectivity index (χ2v) is 3.25. The minimum absolute atomic E-state index is 0.0781. The molecule has 0 bridgehead atoms. The molecule has 1 amide bonds. The predicted octanol–water partition coefficient (Wildman–Crippen LogP) is 0.619. The van der Waals surface area contributed by atoms with Gasteiger partial charge in [-0.1, -0.05) is 0 Å². The van der Waals surface area contributed by atoms with Crippen LogP contribution in [0.15, 0.2) is 6.20 Å². The highest BCUT2D eigenvalue weighted by atomic mass is 16.1. The number of fused-ring (bicyclic) bond motifs is 1. The van der Waals surface area contributed by atoms with Crippen LogP contribution in [0.4, 0.5) is 0 Å². The fourth-order valence-corrected chi connectivity index (χ4v) is 1.83. The first-order valence-electron chi connectivity index (χ1n) is 4.13. The molecular formula is C9H12N2O. The van der Waals surface area contributed by atoms with Gasteiger partial charge in [-0.05, 0) is 12.5 Å². The molecule has 1 N–H and O–H groups in total. The van der Waals surface area contributed by atoms with Gasteiger partial charge < -0.3 is 9.88 Å². The Bertz CT molecular complexity index is 339. The van der Waals surface area contributed by atoms with E-state index in [0.717, 1.165) is 29.8 Å². The number of hydrogen-bond acceptors (Lipinski definition) is 1. The van der Waals surface area contributed by atoms with Crippen molar-refractivity contribution in [1.29, 1.82) is 0 Å². The minimum Gasteiger partial charge on any atom is -0.353 e. The van der Waals surface area contributed by atoms with Gasteiger partial charge in [0.2, 0.25) is 0 Å². The van der Waals surface area contributed by atoms with Crippen LogP contribution < -0.4 is 5.32 Å². The van der Waals surface area contributed by atoms with Gasteiger partial charge in [-0.3, -0.25) is 4.79 Å². The van der Waals surface area contributed by atoms with Crippen molar-refractivity contribution >= 4 is 5.91 Å². The van der Waals surface area contributed by atoms with Gasteiger partial charge in [0, 0.05) is 31.9 Å². The zero-order valence-corrected chi connectivity index (χ0v) is 7.35. The van der Waals surface area contributed by atoms with Crippen molar-refractivity contribution in [2.45, 2.75) is 13.3 Å². The van der Waals surface area contributed by atoms with Crippen LogP contribution in [0, 0.1) is 6.92 Å². The molecule has 0 saturated carbocycles. The Morgan fingerprint density at radius 2 is 2.33 bits per heavy atom. The number of aryl methyl sites for hydroxylation is 2. The molecule has 0 radical (unpaired) electrons. The van der Waals surface area contributed by atoms with E-state index in [-0.39, 0.29) is 5.91 Å². The smallest absolute Gasteiger partial charge is 0.253 e. The summed E-state index contributed by atoms with van der Waals surface area (Å²) < 4.78 is 2.05. The third-order valence-electron chi connectivity index (χ3n) is 2.37. The lowest BCUT2D eigenvalue weighted by atomic mass is 10.1. The normalized spacial score (nSPS) is 15.7. The number of amides is 1. The van der Waals surface area contributed by atoms with Crippen molar-refractivity contribution in [2.75, 3.05) is 6.54 Å². The Kier molecular flexibility index (Phi) is 1.46. The van der Waals surface area contributed by atoms with Crippen molar-refractivity contribution in [3.63, 3.8) is 0 Å². The highest BCUT2D eigenvalue weighted by Crippen LogP contribution is 2.18. The summed E-state index contributed by atoms with van der Waals surface area (Å²) in [7, 11) is 1.99. The summed E-state index contributed by atoms with van der Waals surface area (Å²) >= 11 is 0. The van der Waals surface area contributed by atoms with Crippen LogP contribution in [0.1, 0.15) is 21.6 Å². The second-order valence-electron chi connectivity index (χ2n) is 3.25. The van der Waals surface area contributed by atoms with E-state index in [1.165, 1.54) is 0 Å². The van der Waals surface area contributed by atoms with E-state index < -0.39 is 0 Å². The quantitative estimate of drug-likeness (QED) is 0.599. The van der Waals surface area contributed by atoms with Crippen LogP contribution in [-0.4, -0.2) is 17.0 Å². The van der Waals surface area contributed by atoms with Crippen molar-refractivity contribution in [1.82, 2.24) is 9.88 Å². The first-order valence-corrected chi connectivity index (χ1v) is 4.13. The number of nitrogens with zero attached hydrogens (tertiary/aromatic N) is 1. The van der Waals surface area contributed by atoms with Gasteiger partial charge in [0.25, 0.3) is 5.91 Å². The molecule has 1 aromatic heterocycles. The molecular weight excluding hydrogens is 152 g/mol. The van der Waals surface area contributed by atoms with E-state index >= 15 is 0 Å². The molecule has 1 aromatic rings. The van der Waals surface area contributed by atoms with Gasteiger partial charge in [0.05, 0.1) is 5.56 Å². The summed E-state index contributed by atoms with van der Waals surface area (Å²) in [6.07, 6.45) is 2.96. The SMILES string of the molecule is Cc1cn(C)c2c1C(=O)NCC2.